The topological polar surface area (TPSA) is 47.0 Å². The van der Waals surface area contributed by atoms with Gasteiger partial charge < -0.3 is 10.1 Å². The maximum atomic E-state index is 6.03. The number of hydrogen-bond donors (Lipinski definition) is 1. The summed E-state index contributed by atoms with van der Waals surface area (Å²) in [7, 11) is 0. The highest BCUT2D eigenvalue weighted by Crippen LogP contribution is 2.30. The van der Waals surface area contributed by atoms with Crippen LogP contribution in [0.3, 0.4) is 0 Å². The Morgan fingerprint density at radius 1 is 1.16 bits per heavy atom. The van der Waals surface area contributed by atoms with E-state index in [1.807, 2.05) is 0 Å². The molecule has 1 fully saturated rings. The molecule has 98 valence electrons. The minimum Gasteiger partial charge on any atom is -0.436 e. The number of rotatable bonds is 3. The van der Waals surface area contributed by atoms with E-state index < -0.39 is 0 Å². The Kier molecular flexibility index (Phi) is 3.55. The van der Waals surface area contributed by atoms with Crippen LogP contribution in [0.25, 0.3) is 0 Å². The zero-order valence-corrected chi connectivity index (χ0v) is 11.4. The van der Waals surface area contributed by atoms with Gasteiger partial charge in [0.1, 0.15) is 5.75 Å². The largest absolute Gasteiger partial charge is 0.436 e. The van der Waals surface area contributed by atoms with Crippen molar-refractivity contribution in [2.24, 2.45) is 0 Å². The van der Waals surface area contributed by atoms with E-state index in [4.69, 9.17) is 27.9 Å². The van der Waals surface area contributed by atoms with Crippen LogP contribution >= 0.6 is 23.2 Å². The normalized spacial score (nSPS) is 15.1. The molecule has 0 spiro atoms. The Balaban J connectivity index is 1.75. The lowest BCUT2D eigenvalue weighted by Crippen LogP contribution is -2.40. The first-order valence-electron chi connectivity index (χ1n) is 5.88. The molecule has 1 aliphatic rings. The molecule has 6 heteroatoms. The molecule has 2 aromatic rings. The van der Waals surface area contributed by atoms with Gasteiger partial charge in [-0.1, -0.05) is 23.2 Å². The third-order valence-electron chi connectivity index (χ3n) is 2.96. The van der Waals surface area contributed by atoms with Crippen molar-refractivity contribution in [3.63, 3.8) is 0 Å². The molecule has 4 nitrogen and oxygen atoms in total. The summed E-state index contributed by atoms with van der Waals surface area (Å²) in [6.45, 7) is 1.91. The molecule has 0 radical (unpaired) electrons. The molecule has 1 aromatic heterocycles. The van der Waals surface area contributed by atoms with Crippen LogP contribution in [0.15, 0.2) is 30.6 Å². The lowest BCUT2D eigenvalue weighted by Gasteiger charge is -2.25. The summed E-state index contributed by atoms with van der Waals surface area (Å²) in [6.07, 6.45) is 3.35. The summed E-state index contributed by atoms with van der Waals surface area (Å²) in [5, 5.41) is 4.21. The quantitative estimate of drug-likeness (QED) is 0.944. The molecule has 0 atom stereocenters. The molecule has 1 aliphatic heterocycles. The highest BCUT2D eigenvalue weighted by molar-refractivity contribution is 6.35. The first kappa shape index (κ1) is 12.7. The van der Waals surface area contributed by atoms with Gasteiger partial charge in [0, 0.05) is 24.0 Å². The van der Waals surface area contributed by atoms with Crippen LogP contribution in [-0.4, -0.2) is 23.1 Å². The van der Waals surface area contributed by atoms with Crippen LogP contribution < -0.4 is 10.1 Å². The van der Waals surface area contributed by atoms with Gasteiger partial charge in [-0.15, -0.1) is 0 Å². The van der Waals surface area contributed by atoms with Gasteiger partial charge in [0.15, 0.2) is 0 Å². The standard InChI is InChI=1S/C13H11Cl2N3O/c14-9-1-2-12(10(15)3-9)19-13-7-17-11(6-18-13)8-4-16-5-8/h1-3,6-8,16H,4-5H2. The van der Waals surface area contributed by atoms with Gasteiger partial charge in [0.2, 0.25) is 5.88 Å². The van der Waals surface area contributed by atoms with Gasteiger partial charge in [-0.05, 0) is 18.2 Å². The molecule has 0 saturated carbocycles. The minimum atomic E-state index is 0.417. The SMILES string of the molecule is Clc1ccc(Oc2cnc(C3CNC3)cn2)c(Cl)c1. The Morgan fingerprint density at radius 3 is 2.58 bits per heavy atom. The van der Waals surface area contributed by atoms with E-state index in [-0.39, 0.29) is 0 Å². The number of aromatic nitrogens is 2. The first-order chi connectivity index (χ1) is 9.22. The number of ether oxygens (including phenoxy) is 1. The first-order valence-corrected chi connectivity index (χ1v) is 6.63. The highest BCUT2D eigenvalue weighted by atomic mass is 35.5. The predicted octanol–water partition coefficient (Wildman–Crippen LogP) is 3.26. The van der Waals surface area contributed by atoms with Gasteiger partial charge in [-0.25, -0.2) is 4.98 Å². The monoisotopic (exact) mass is 295 g/mol. The van der Waals surface area contributed by atoms with Gasteiger partial charge in [-0.2, -0.15) is 0 Å². The van der Waals surface area contributed by atoms with E-state index in [0.29, 0.717) is 27.6 Å². The Labute approximate surface area is 120 Å². The molecule has 1 N–H and O–H groups in total. The third kappa shape index (κ3) is 2.81. The van der Waals surface area contributed by atoms with Crippen LogP contribution in [0.4, 0.5) is 0 Å². The zero-order chi connectivity index (χ0) is 13.2. The van der Waals surface area contributed by atoms with E-state index in [9.17, 15) is 0 Å². The lowest BCUT2D eigenvalue weighted by molar-refractivity contribution is 0.430. The average molecular weight is 296 g/mol. The molecule has 1 saturated heterocycles. The Morgan fingerprint density at radius 2 is 2.00 bits per heavy atom. The van der Waals surface area contributed by atoms with Crippen molar-refractivity contribution in [2.45, 2.75) is 5.92 Å². The van der Waals surface area contributed by atoms with Crippen molar-refractivity contribution >= 4 is 23.2 Å². The second-order valence-corrected chi connectivity index (χ2v) is 5.16. The number of nitrogens with zero attached hydrogens (tertiary/aromatic N) is 2. The van der Waals surface area contributed by atoms with Crippen LogP contribution in [0.2, 0.25) is 10.0 Å². The summed E-state index contributed by atoms with van der Waals surface area (Å²) in [5.74, 6) is 1.39. The number of halogens is 2. The summed E-state index contributed by atoms with van der Waals surface area (Å²) in [6, 6.07) is 5.04. The molecule has 0 aliphatic carbocycles. The van der Waals surface area contributed by atoms with Crippen LogP contribution in [0.1, 0.15) is 11.6 Å². The molecule has 3 rings (SSSR count). The summed E-state index contributed by atoms with van der Waals surface area (Å²) >= 11 is 11.9. The second kappa shape index (κ2) is 5.33. The molecule has 0 amide bonds. The van der Waals surface area contributed by atoms with Gasteiger partial charge in [0.25, 0.3) is 0 Å². The van der Waals surface area contributed by atoms with Crippen LogP contribution in [0.5, 0.6) is 11.6 Å². The van der Waals surface area contributed by atoms with E-state index in [1.165, 1.54) is 0 Å². The van der Waals surface area contributed by atoms with Gasteiger partial charge in [0.05, 0.1) is 23.1 Å². The van der Waals surface area contributed by atoms with E-state index in [1.54, 1.807) is 30.6 Å². The fraction of sp³-hybridized carbons (Fsp3) is 0.231. The second-order valence-electron chi connectivity index (χ2n) is 4.31. The smallest absolute Gasteiger partial charge is 0.237 e. The summed E-state index contributed by atoms with van der Waals surface area (Å²) < 4.78 is 5.57. The number of hydrogen-bond acceptors (Lipinski definition) is 4. The fourth-order valence-corrected chi connectivity index (χ4v) is 2.21. The maximum Gasteiger partial charge on any atom is 0.237 e. The van der Waals surface area contributed by atoms with Crippen molar-refractivity contribution in [1.29, 1.82) is 0 Å². The molecular formula is C13H11Cl2N3O. The van der Waals surface area contributed by atoms with E-state index >= 15 is 0 Å². The predicted molar refractivity (Wildman–Crippen MR) is 74.2 cm³/mol. The van der Waals surface area contributed by atoms with Gasteiger partial charge in [-0.3, -0.25) is 4.98 Å². The molecule has 2 heterocycles. The van der Waals surface area contributed by atoms with Gasteiger partial charge >= 0.3 is 0 Å². The molecule has 19 heavy (non-hydrogen) atoms. The van der Waals surface area contributed by atoms with E-state index in [0.717, 1.165) is 18.8 Å². The fourth-order valence-electron chi connectivity index (χ4n) is 1.76. The summed E-state index contributed by atoms with van der Waals surface area (Å²) in [5.41, 5.74) is 0.980. The van der Waals surface area contributed by atoms with Crippen molar-refractivity contribution in [2.75, 3.05) is 13.1 Å². The molecule has 1 aromatic carbocycles. The van der Waals surface area contributed by atoms with Crippen LogP contribution in [0, 0.1) is 0 Å². The Hall–Kier alpha value is -1.36. The number of benzene rings is 1. The highest BCUT2D eigenvalue weighted by Gasteiger charge is 2.20. The zero-order valence-electron chi connectivity index (χ0n) is 9.94. The average Bonchev–Trinajstić information content (AvgIpc) is 2.33. The van der Waals surface area contributed by atoms with Crippen molar-refractivity contribution in [1.82, 2.24) is 15.3 Å². The maximum absolute atomic E-state index is 6.03. The third-order valence-corrected chi connectivity index (χ3v) is 3.49. The van der Waals surface area contributed by atoms with E-state index in [2.05, 4.69) is 15.3 Å². The number of nitrogens with one attached hydrogen (secondary N) is 1. The molecule has 0 unspecified atom stereocenters. The van der Waals surface area contributed by atoms with Crippen molar-refractivity contribution < 1.29 is 4.74 Å². The van der Waals surface area contributed by atoms with Crippen molar-refractivity contribution in [3.05, 3.63) is 46.3 Å². The van der Waals surface area contributed by atoms with Crippen LogP contribution in [-0.2, 0) is 0 Å². The van der Waals surface area contributed by atoms with Crippen molar-refractivity contribution in [3.8, 4) is 11.6 Å². The lowest BCUT2D eigenvalue weighted by atomic mass is 10.0. The Bertz CT molecular complexity index is 585. The molecule has 0 bridgehead atoms. The minimum absolute atomic E-state index is 0.417. The summed E-state index contributed by atoms with van der Waals surface area (Å²) in [4.78, 5) is 8.58. The molecular weight excluding hydrogens is 285 g/mol.